The van der Waals surface area contributed by atoms with Crippen LogP contribution in [0, 0.1) is 0 Å². The van der Waals surface area contributed by atoms with E-state index in [1.807, 2.05) is 56.0 Å². The Labute approximate surface area is 397 Å². The van der Waals surface area contributed by atoms with Gasteiger partial charge < -0.3 is 19.6 Å². The van der Waals surface area contributed by atoms with Gasteiger partial charge in [0.25, 0.3) is 40.5 Å². The molecule has 0 spiro atoms. The minimum atomic E-state index is -4.98. The van der Waals surface area contributed by atoms with Crippen LogP contribution in [-0.2, 0) is 60.8 Å². The number of aliphatic carboxylic acids is 1. The molecule has 2 aliphatic heterocycles. The minimum Gasteiger partial charge on any atom is -0.481 e. The number of allylic oxidation sites excluding steroid dienone is 7. The predicted octanol–water partition coefficient (Wildman–Crippen LogP) is 7.88. The van der Waals surface area contributed by atoms with Crippen molar-refractivity contribution in [2.45, 2.75) is 97.3 Å². The molecule has 0 amide bonds. The van der Waals surface area contributed by atoms with Crippen LogP contribution in [0.1, 0.15) is 76.8 Å². The summed E-state index contributed by atoms with van der Waals surface area (Å²) < 4.78 is 144. The number of anilines is 2. The van der Waals surface area contributed by atoms with Crippen LogP contribution in [0.4, 0.5) is 11.4 Å². The quantitative estimate of drug-likeness (QED) is 0.0302. The lowest BCUT2D eigenvalue weighted by molar-refractivity contribution is -0.137. The van der Waals surface area contributed by atoms with E-state index in [0.717, 1.165) is 22.3 Å². The fraction of sp³-hybridized carbons (Fsp3) is 0.383. The maximum Gasteiger partial charge on any atom is 0.303 e. The Morgan fingerprint density at radius 3 is 1.99 bits per heavy atom. The van der Waals surface area contributed by atoms with Gasteiger partial charge in [0.15, 0.2) is 0 Å². The number of benzene rings is 4. The topological polar surface area (TPSA) is 270 Å². The monoisotopic (exact) mass is 1020 g/mol. The first-order valence-corrected chi connectivity index (χ1v) is 27.7. The highest BCUT2D eigenvalue weighted by Gasteiger charge is 2.47. The first-order valence-electron chi connectivity index (χ1n) is 21.8. The second-order valence-corrected chi connectivity index (χ2v) is 23.2. The lowest BCUT2D eigenvalue weighted by atomic mass is 9.73. The van der Waals surface area contributed by atoms with Crippen LogP contribution in [0.2, 0.25) is 0 Å². The molecule has 21 heteroatoms. The maximum atomic E-state index is 12.7. The average molecular weight is 1020 g/mol. The molecule has 6 rings (SSSR count). The summed E-state index contributed by atoms with van der Waals surface area (Å²) in [6, 6.07) is 12.8. The molecule has 4 aromatic rings. The lowest BCUT2D eigenvalue weighted by Crippen LogP contribution is -2.42. The molecule has 0 bridgehead atoms. The molecule has 2 heterocycles. The van der Waals surface area contributed by atoms with Crippen LogP contribution < -0.4 is 9.80 Å². The zero-order chi connectivity index (χ0) is 50.0. The third-order valence-corrected chi connectivity index (χ3v) is 16.4. The molecule has 5 N–H and O–H groups in total. The van der Waals surface area contributed by atoms with Crippen molar-refractivity contribution in [1.29, 1.82) is 0 Å². The maximum absolute atomic E-state index is 12.7. The lowest BCUT2D eigenvalue weighted by Gasteiger charge is -2.35. The predicted molar refractivity (Wildman–Crippen MR) is 260 cm³/mol. The van der Waals surface area contributed by atoms with Crippen LogP contribution in [0.25, 0.3) is 21.5 Å². The van der Waals surface area contributed by atoms with Gasteiger partial charge in [0.1, 0.15) is 4.90 Å². The summed E-state index contributed by atoms with van der Waals surface area (Å²) >= 11 is 0. The number of unbranched alkanes of at least 4 members (excludes halogenated alkanes) is 2. The molecule has 3 unspecified atom stereocenters. The third kappa shape index (κ3) is 11.1. The number of likely N-dealkylation sites (N-methyl/N-ethyl adjacent to an activating group) is 1. The number of carboxylic acids is 1. The first kappa shape index (κ1) is 52.4. The van der Waals surface area contributed by atoms with Crippen molar-refractivity contribution in [3.05, 3.63) is 114 Å². The van der Waals surface area contributed by atoms with E-state index >= 15 is 0 Å². The van der Waals surface area contributed by atoms with Crippen LogP contribution in [0.15, 0.2) is 118 Å². The molecule has 0 saturated carbocycles. The van der Waals surface area contributed by atoms with Gasteiger partial charge in [-0.2, -0.15) is 33.7 Å². The van der Waals surface area contributed by atoms with E-state index in [-0.39, 0.29) is 41.2 Å². The third-order valence-electron chi connectivity index (χ3n) is 13.0. The average Bonchev–Trinajstić information content (AvgIpc) is 3.63. The SMILES string of the molecule is CCN1c2ccc3ccc(S(=O)(=O)O)cc3c2C(C)(CCCS(=O)(=O)O)C1/C=C/C=C/C=C/C=C1/N(CCCCCC(=O)O)c2ccc3c(S(=O)(=O)O)cc(S(=O)(=O)O)cc3c2C1(C)CCOC. The summed E-state index contributed by atoms with van der Waals surface area (Å²) in [5, 5.41) is 10.7. The summed E-state index contributed by atoms with van der Waals surface area (Å²) in [7, 11) is -17.2. The highest BCUT2D eigenvalue weighted by Crippen LogP contribution is 2.54. The van der Waals surface area contributed by atoms with Crippen LogP contribution in [0.5, 0.6) is 0 Å². The van der Waals surface area contributed by atoms with E-state index < -0.39 is 72.8 Å². The van der Waals surface area contributed by atoms with Gasteiger partial charge in [0.05, 0.1) is 21.6 Å². The number of fused-ring (bicyclic) bond motifs is 6. The number of ether oxygens (including phenoxy) is 1. The van der Waals surface area contributed by atoms with E-state index in [1.54, 1.807) is 36.4 Å². The van der Waals surface area contributed by atoms with Gasteiger partial charge in [0.2, 0.25) is 0 Å². The zero-order valence-corrected chi connectivity index (χ0v) is 41.2. The molecule has 17 nitrogen and oxygen atoms in total. The molecule has 0 fully saturated rings. The van der Waals surface area contributed by atoms with E-state index in [2.05, 4.69) is 4.90 Å². The van der Waals surface area contributed by atoms with Crippen LogP contribution in [0.3, 0.4) is 0 Å². The smallest absolute Gasteiger partial charge is 0.303 e. The Morgan fingerprint density at radius 2 is 1.35 bits per heavy atom. The number of nitrogens with zero attached hydrogens (tertiary/aromatic N) is 2. The summed E-state index contributed by atoms with van der Waals surface area (Å²) in [5.41, 5.74) is 1.69. The van der Waals surface area contributed by atoms with Crippen molar-refractivity contribution in [1.82, 2.24) is 0 Å². The molecule has 4 aromatic carbocycles. The van der Waals surface area contributed by atoms with E-state index in [1.165, 1.54) is 31.4 Å². The summed E-state index contributed by atoms with van der Waals surface area (Å²) in [6.07, 6.45) is 15.1. The van der Waals surface area contributed by atoms with Crippen molar-refractivity contribution in [3.63, 3.8) is 0 Å². The van der Waals surface area contributed by atoms with Gasteiger partial charge in [0, 0.05) is 66.5 Å². The van der Waals surface area contributed by atoms with Crippen molar-refractivity contribution >= 4 is 79.4 Å². The summed E-state index contributed by atoms with van der Waals surface area (Å²) in [4.78, 5) is 13.7. The van der Waals surface area contributed by atoms with Crippen LogP contribution in [-0.4, -0.2) is 102 Å². The van der Waals surface area contributed by atoms with Crippen molar-refractivity contribution in [2.24, 2.45) is 0 Å². The molecule has 0 aromatic heterocycles. The largest absolute Gasteiger partial charge is 0.481 e. The first-order chi connectivity index (χ1) is 31.8. The Bertz CT molecular complexity index is 3200. The van der Waals surface area contributed by atoms with Gasteiger partial charge >= 0.3 is 5.97 Å². The molecular weight excluding hydrogens is 961 g/mol. The Balaban J connectivity index is 1.40. The zero-order valence-electron chi connectivity index (χ0n) is 37.9. The van der Waals surface area contributed by atoms with Crippen molar-refractivity contribution < 1.29 is 66.5 Å². The Kier molecular flexibility index (Phi) is 15.5. The standard InChI is InChI=1S/C47H56N2O15S4/c1-5-48-38-22-19-32-18-20-33(66(55,56)57)29-36(32)44(38)46(2,24-14-28-65(52,53)54)41(48)15-10-7-6-8-11-16-42-47(3,25-27-64-4)45-37-30-34(67(58,59)60)31-40(68(61,62)63)35(37)21-23-39(45)49(42)26-13-9-12-17-43(50)51/h6-8,10-11,15-16,18-23,29-31,41H,5,9,12-14,17,24-28H2,1-4H3,(H,50,51)(H,52,53,54)(H,55,56,57)(H,58,59,60)(H,61,62,63)/b7-6+,11-8+,15-10+,42-16+. The van der Waals surface area contributed by atoms with Gasteiger partial charge in [-0.05, 0) is 116 Å². The van der Waals surface area contributed by atoms with Gasteiger partial charge in [-0.1, -0.05) is 68.0 Å². The molecule has 68 heavy (non-hydrogen) atoms. The number of hydrogen-bond donors (Lipinski definition) is 5. The molecule has 3 atom stereocenters. The van der Waals surface area contributed by atoms with Crippen molar-refractivity contribution in [2.75, 3.05) is 42.4 Å². The van der Waals surface area contributed by atoms with E-state index in [4.69, 9.17) is 4.74 Å². The van der Waals surface area contributed by atoms with E-state index in [9.17, 15) is 61.8 Å². The molecular formula is C47H56N2O15S4. The van der Waals surface area contributed by atoms with Gasteiger partial charge in [-0.25, -0.2) is 0 Å². The second-order valence-electron chi connectivity index (χ2n) is 17.4. The fourth-order valence-electron chi connectivity index (χ4n) is 9.90. The summed E-state index contributed by atoms with van der Waals surface area (Å²) in [6.45, 7) is 6.97. The van der Waals surface area contributed by atoms with Crippen LogP contribution >= 0.6 is 0 Å². The number of hydrogen-bond acceptors (Lipinski definition) is 12. The highest BCUT2D eigenvalue weighted by atomic mass is 32.2. The molecule has 368 valence electrons. The summed E-state index contributed by atoms with van der Waals surface area (Å²) in [5.74, 6) is -1.40. The fourth-order valence-corrected chi connectivity index (χ4v) is 12.3. The highest BCUT2D eigenvalue weighted by molar-refractivity contribution is 7.87. The van der Waals surface area contributed by atoms with Crippen molar-refractivity contribution in [3.8, 4) is 0 Å². The minimum absolute atomic E-state index is 0.0119. The van der Waals surface area contributed by atoms with Gasteiger partial charge in [-0.15, -0.1) is 0 Å². The Hall–Kier alpha value is -4.97. The molecule has 0 aliphatic carbocycles. The van der Waals surface area contributed by atoms with E-state index in [0.29, 0.717) is 67.9 Å². The molecule has 0 radical (unpaired) electrons. The normalized spacial score (nSPS) is 20.8. The molecule has 0 saturated heterocycles. The number of rotatable bonds is 21. The second kappa shape index (κ2) is 20.2. The van der Waals surface area contributed by atoms with Gasteiger partial charge in [-0.3, -0.25) is 23.0 Å². The number of carboxylic acid groups (broad SMARTS) is 1. The number of methoxy groups -OCH3 is 1. The number of carbonyl (C=O) groups is 1. The Morgan fingerprint density at radius 1 is 0.706 bits per heavy atom. The molecule has 2 aliphatic rings.